The van der Waals surface area contributed by atoms with Crippen molar-refractivity contribution in [3.05, 3.63) is 12.2 Å². The molecule has 0 radical (unpaired) electrons. The minimum Gasteiger partial charge on any atom is -0.396 e. The van der Waals surface area contributed by atoms with Gasteiger partial charge in [0.15, 0.2) is 0 Å². The van der Waals surface area contributed by atoms with E-state index < -0.39 is 0 Å². The van der Waals surface area contributed by atoms with E-state index in [1.54, 1.807) is 0 Å². The molecule has 0 fully saturated rings. The summed E-state index contributed by atoms with van der Waals surface area (Å²) < 4.78 is 0. The van der Waals surface area contributed by atoms with Crippen molar-refractivity contribution in [1.29, 1.82) is 0 Å². The van der Waals surface area contributed by atoms with E-state index in [1.807, 2.05) is 12.2 Å². The highest BCUT2D eigenvalue weighted by Crippen LogP contribution is 2.07. The Labute approximate surface area is 107 Å². The van der Waals surface area contributed by atoms with E-state index in [1.165, 1.54) is 44.9 Å². The van der Waals surface area contributed by atoms with Crippen molar-refractivity contribution in [3.8, 4) is 11.8 Å². The lowest BCUT2D eigenvalue weighted by Gasteiger charge is -1.97. The van der Waals surface area contributed by atoms with E-state index in [-0.39, 0.29) is 6.61 Å². The maximum atomic E-state index is 8.57. The van der Waals surface area contributed by atoms with Gasteiger partial charge >= 0.3 is 0 Å². The van der Waals surface area contributed by atoms with Gasteiger partial charge in [-0.15, -0.1) is 0 Å². The first kappa shape index (κ1) is 16.3. The molecule has 98 valence electrons. The Kier molecular flexibility index (Phi) is 14.6. The predicted octanol–water partition coefficient (Wildman–Crippen LogP) is 4.46. The van der Waals surface area contributed by atoms with Crippen molar-refractivity contribution in [1.82, 2.24) is 0 Å². The molecule has 0 aromatic heterocycles. The predicted molar refractivity (Wildman–Crippen MR) is 75.8 cm³/mol. The van der Waals surface area contributed by atoms with Crippen LogP contribution in [0.4, 0.5) is 0 Å². The van der Waals surface area contributed by atoms with Gasteiger partial charge in [-0.05, 0) is 25.3 Å². The molecule has 0 heterocycles. The number of allylic oxidation sites excluding steroid dienone is 2. The average molecular weight is 236 g/mol. The summed E-state index contributed by atoms with van der Waals surface area (Å²) in [6.07, 6.45) is 16.2. The fourth-order valence-corrected chi connectivity index (χ4v) is 1.65. The topological polar surface area (TPSA) is 20.2 Å². The van der Waals surface area contributed by atoms with Gasteiger partial charge in [-0.1, -0.05) is 63.4 Å². The van der Waals surface area contributed by atoms with Crippen molar-refractivity contribution in [3.63, 3.8) is 0 Å². The molecule has 0 saturated heterocycles. The second kappa shape index (κ2) is 15.3. The standard InChI is InChI=1S/C16H28O/c1-2-3-4-5-6-7-8-9-10-11-12-13-14-15-16-17/h12-13,17H,2-9,14-16H2,1H3/b13-12+. The van der Waals surface area contributed by atoms with Gasteiger partial charge in [-0.2, -0.15) is 0 Å². The van der Waals surface area contributed by atoms with Crippen molar-refractivity contribution in [2.75, 3.05) is 6.61 Å². The van der Waals surface area contributed by atoms with E-state index in [0.29, 0.717) is 0 Å². The van der Waals surface area contributed by atoms with Gasteiger partial charge in [-0.3, -0.25) is 0 Å². The number of hydrogen-bond donors (Lipinski definition) is 1. The molecule has 0 amide bonds. The smallest absolute Gasteiger partial charge is 0.0433 e. The van der Waals surface area contributed by atoms with Crippen LogP contribution in [0.3, 0.4) is 0 Å². The van der Waals surface area contributed by atoms with E-state index in [9.17, 15) is 0 Å². The Hall–Kier alpha value is -0.740. The molecule has 1 nitrogen and oxygen atoms in total. The molecule has 0 aliphatic carbocycles. The molecule has 0 rings (SSSR count). The molecule has 17 heavy (non-hydrogen) atoms. The van der Waals surface area contributed by atoms with Gasteiger partial charge in [0.1, 0.15) is 0 Å². The number of aliphatic hydroxyl groups excluding tert-OH is 1. The van der Waals surface area contributed by atoms with Gasteiger partial charge in [0.2, 0.25) is 0 Å². The summed E-state index contributed by atoms with van der Waals surface area (Å²) in [4.78, 5) is 0. The lowest BCUT2D eigenvalue weighted by Crippen LogP contribution is -1.79. The van der Waals surface area contributed by atoms with Gasteiger partial charge in [-0.25, -0.2) is 0 Å². The second-order valence-electron chi connectivity index (χ2n) is 4.46. The first-order valence-electron chi connectivity index (χ1n) is 7.16. The molecular formula is C16H28O. The van der Waals surface area contributed by atoms with Crippen LogP contribution in [0.25, 0.3) is 0 Å². The molecular weight excluding hydrogens is 208 g/mol. The van der Waals surface area contributed by atoms with E-state index in [0.717, 1.165) is 19.3 Å². The SMILES string of the molecule is CCCCCCCCCC#C/C=C/CCCO. The minimum atomic E-state index is 0.274. The van der Waals surface area contributed by atoms with Crippen LogP contribution in [0.2, 0.25) is 0 Å². The normalized spacial score (nSPS) is 10.5. The molecule has 1 heteroatoms. The van der Waals surface area contributed by atoms with E-state index in [2.05, 4.69) is 18.8 Å². The molecule has 0 aliphatic heterocycles. The zero-order chi connectivity index (χ0) is 12.6. The van der Waals surface area contributed by atoms with Crippen LogP contribution >= 0.6 is 0 Å². The van der Waals surface area contributed by atoms with Crippen LogP contribution in [0, 0.1) is 11.8 Å². The van der Waals surface area contributed by atoms with Crippen molar-refractivity contribution >= 4 is 0 Å². The third-order valence-electron chi connectivity index (χ3n) is 2.74. The van der Waals surface area contributed by atoms with Gasteiger partial charge in [0.05, 0.1) is 0 Å². The molecule has 0 spiro atoms. The molecule has 0 atom stereocenters. The molecule has 0 aromatic rings. The summed E-state index contributed by atoms with van der Waals surface area (Å²) in [5, 5.41) is 8.57. The van der Waals surface area contributed by atoms with Gasteiger partial charge in [0, 0.05) is 13.0 Å². The quantitative estimate of drug-likeness (QED) is 0.438. The van der Waals surface area contributed by atoms with E-state index in [4.69, 9.17) is 5.11 Å². The summed E-state index contributed by atoms with van der Waals surface area (Å²) in [5.74, 6) is 6.21. The molecule has 0 aliphatic rings. The maximum Gasteiger partial charge on any atom is 0.0433 e. The highest BCUT2D eigenvalue weighted by Gasteiger charge is 1.88. The molecule has 0 unspecified atom stereocenters. The maximum absolute atomic E-state index is 8.57. The van der Waals surface area contributed by atoms with Crippen LogP contribution < -0.4 is 0 Å². The van der Waals surface area contributed by atoms with Crippen molar-refractivity contribution in [2.24, 2.45) is 0 Å². The summed E-state index contributed by atoms with van der Waals surface area (Å²) in [6.45, 7) is 2.53. The molecule has 0 saturated carbocycles. The second-order valence-corrected chi connectivity index (χ2v) is 4.46. The number of aliphatic hydroxyl groups is 1. The molecule has 0 aromatic carbocycles. The Morgan fingerprint density at radius 2 is 1.65 bits per heavy atom. The minimum absolute atomic E-state index is 0.274. The van der Waals surface area contributed by atoms with Crippen LogP contribution in [0.15, 0.2) is 12.2 Å². The molecule has 1 N–H and O–H groups in total. The number of hydrogen-bond acceptors (Lipinski definition) is 1. The largest absolute Gasteiger partial charge is 0.396 e. The third-order valence-corrected chi connectivity index (χ3v) is 2.74. The first-order chi connectivity index (χ1) is 8.41. The highest BCUT2D eigenvalue weighted by molar-refractivity contribution is 5.14. The van der Waals surface area contributed by atoms with Crippen LogP contribution in [0.1, 0.15) is 71.1 Å². The molecule has 0 bridgehead atoms. The Bertz CT molecular complexity index is 219. The van der Waals surface area contributed by atoms with Gasteiger partial charge < -0.3 is 5.11 Å². The Balaban J connectivity index is 3.16. The fourth-order valence-electron chi connectivity index (χ4n) is 1.65. The monoisotopic (exact) mass is 236 g/mol. The zero-order valence-corrected chi connectivity index (χ0v) is 11.4. The summed E-state index contributed by atoms with van der Waals surface area (Å²) in [5.41, 5.74) is 0. The van der Waals surface area contributed by atoms with Crippen LogP contribution in [-0.4, -0.2) is 11.7 Å². The lowest BCUT2D eigenvalue weighted by molar-refractivity contribution is 0.289. The highest BCUT2D eigenvalue weighted by atomic mass is 16.2. The third kappa shape index (κ3) is 15.3. The van der Waals surface area contributed by atoms with Crippen LogP contribution in [0.5, 0.6) is 0 Å². The number of unbranched alkanes of at least 4 members (excludes halogenated alkanes) is 8. The average Bonchev–Trinajstić information content (AvgIpc) is 2.35. The van der Waals surface area contributed by atoms with E-state index >= 15 is 0 Å². The summed E-state index contributed by atoms with van der Waals surface area (Å²) in [6, 6.07) is 0. The zero-order valence-electron chi connectivity index (χ0n) is 11.4. The lowest BCUT2D eigenvalue weighted by atomic mass is 10.1. The number of rotatable bonds is 10. The van der Waals surface area contributed by atoms with Crippen LogP contribution in [-0.2, 0) is 0 Å². The Morgan fingerprint density at radius 1 is 0.941 bits per heavy atom. The fraction of sp³-hybridized carbons (Fsp3) is 0.750. The van der Waals surface area contributed by atoms with Crippen molar-refractivity contribution in [2.45, 2.75) is 71.1 Å². The summed E-state index contributed by atoms with van der Waals surface area (Å²) in [7, 11) is 0. The Morgan fingerprint density at radius 3 is 2.35 bits per heavy atom. The van der Waals surface area contributed by atoms with Gasteiger partial charge in [0.25, 0.3) is 0 Å². The summed E-state index contributed by atoms with van der Waals surface area (Å²) >= 11 is 0. The first-order valence-corrected chi connectivity index (χ1v) is 7.16. The van der Waals surface area contributed by atoms with Crippen molar-refractivity contribution < 1.29 is 5.11 Å².